The molecule has 1 aromatic carbocycles. The Morgan fingerprint density at radius 2 is 1.67 bits per heavy atom. The molecule has 0 fully saturated rings. The zero-order valence-corrected chi connectivity index (χ0v) is 14.8. The second-order valence-electron chi connectivity index (χ2n) is 4.76. The summed E-state index contributed by atoms with van der Waals surface area (Å²) < 4.78 is 35.3. The molecule has 1 aromatic rings. The van der Waals surface area contributed by atoms with E-state index >= 15 is 0 Å². The molecule has 0 heterocycles. The molecule has 9 heteroatoms. The van der Waals surface area contributed by atoms with Crippen molar-refractivity contribution in [3.8, 4) is 0 Å². The largest absolute Gasteiger partial charge is 0.454 e. The maximum atomic E-state index is 12.3. The Morgan fingerprint density at radius 3 is 2.17 bits per heavy atom. The average Bonchev–Trinajstić information content (AvgIpc) is 2.54. The number of esters is 1. The van der Waals surface area contributed by atoms with E-state index in [2.05, 4.69) is 14.8 Å². The van der Waals surface area contributed by atoms with Crippen LogP contribution < -0.4 is 5.32 Å². The minimum absolute atomic E-state index is 0.149. The summed E-state index contributed by atoms with van der Waals surface area (Å²) in [5.41, 5.74) is 0.404. The summed E-state index contributed by atoms with van der Waals surface area (Å²) in [7, 11) is -2.19. The van der Waals surface area contributed by atoms with Crippen molar-refractivity contribution in [1.82, 2.24) is 4.31 Å². The summed E-state index contributed by atoms with van der Waals surface area (Å²) in [5, 5.41) is 2.51. The number of nitrogens with zero attached hydrogens (tertiary/aromatic N) is 1. The summed E-state index contributed by atoms with van der Waals surface area (Å²) in [6, 6.07) is 5.79. The summed E-state index contributed by atoms with van der Waals surface area (Å²) in [5.74, 6) is -1.17. The summed E-state index contributed by atoms with van der Waals surface area (Å²) in [6.45, 7) is 3.61. The van der Waals surface area contributed by atoms with Gasteiger partial charge in [0.05, 0.1) is 4.90 Å². The van der Waals surface area contributed by atoms with Crippen LogP contribution in [0.4, 0.5) is 5.69 Å². The fourth-order valence-electron chi connectivity index (χ4n) is 1.93. The van der Waals surface area contributed by atoms with Gasteiger partial charge in [0.15, 0.2) is 6.61 Å². The third-order valence-electron chi connectivity index (χ3n) is 3.11. The molecule has 0 aliphatic rings. The van der Waals surface area contributed by atoms with E-state index in [0.717, 1.165) is 0 Å². The fraction of sp³-hybridized carbons (Fsp3) is 0.467. The van der Waals surface area contributed by atoms with Crippen molar-refractivity contribution >= 4 is 27.6 Å². The van der Waals surface area contributed by atoms with Crippen LogP contribution in [0.3, 0.4) is 0 Å². The predicted octanol–water partition coefficient (Wildman–Crippen LogP) is 0.845. The second kappa shape index (κ2) is 9.36. The normalized spacial score (nSPS) is 11.3. The highest BCUT2D eigenvalue weighted by Gasteiger charge is 2.21. The summed E-state index contributed by atoms with van der Waals surface area (Å²) >= 11 is 0. The van der Waals surface area contributed by atoms with E-state index in [1.54, 1.807) is 13.8 Å². The van der Waals surface area contributed by atoms with Gasteiger partial charge in [0.1, 0.15) is 6.61 Å². The minimum atomic E-state index is -3.54. The molecule has 0 atom stereocenters. The molecular formula is C15H22N2O6S. The van der Waals surface area contributed by atoms with E-state index in [0.29, 0.717) is 18.8 Å². The van der Waals surface area contributed by atoms with E-state index in [9.17, 15) is 18.0 Å². The Morgan fingerprint density at radius 1 is 1.08 bits per heavy atom. The van der Waals surface area contributed by atoms with Crippen LogP contribution in [0, 0.1) is 0 Å². The molecule has 0 spiro atoms. The number of carbonyl (C=O) groups excluding carboxylic acids is 2. The van der Waals surface area contributed by atoms with Gasteiger partial charge in [-0.05, 0) is 24.3 Å². The number of anilines is 1. The second-order valence-corrected chi connectivity index (χ2v) is 6.69. The van der Waals surface area contributed by atoms with E-state index < -0.39 is 28.5 Å². The van der Waals surface area contributed by atoms with Crippen LogP contribution in [0.1, 0.15) is 13.8 Å². The molecule has 0 saturated heterocycles. The molecule has 24 heavy (non-hydrogen) atoms. The lowest BCUT2D eigenvalue weighted by molar-refractivity contribution is -0.150. The molecule has 134 valence electrons. The quantitative estimate of drug-likeness (QED) is 0.657. The van der Waals surface area contributed by atoms with Crippen LogP contribution in [0.25, 0.3) is 0 Å². The van der Waals surface area contributed by atoms with Crippen molar-refractivity contribution < 1.29 is 27.5 Å². The number of sulfonamides is 1. The molecule has 8 nitrogen and oxygen atoms in total. The average molecular weight is 358 g/mol. The van der Waals surface area contributed by atoms with Crippen LogP contribution in [0.15, 0.2) is 29.2 Å². The standard InChI is InChI=1S/C15H22N2O6S/c1-4-17(5-2)24(20,21)13-8-6-12(7-9-13)16-14(18)10-23-15(19)11-22-3/h6-9H,4-5,10-11H2,1-3H3,(H,16,18). The zero-order chi connectivity index (χ0) is 18.2. The maximum absolute atomic E-state index is 12.3. The van der Waals surface area contributed by atoms with Gasteiger partial charge >= 0.3 is 5.97 Å². The monoisotopic (exact) mass is 358 g/mol. The van der Waals surface area contributed by atoms with E-state index in [-0.39, 0.29) is 11.5 Å². The van der Waals surface area contributed by atoms with Crippen LogP contribution in [-0.4, -0.2) is 58.0 Å². The molecule has 1 N–H and O–H groups in total. The number of methoxy groups -OCH3 is 1. The molecule has 0 saturated carbocycles. The lowest BCUT2D eigenvalue weighted by Crippen LogP contribution is -2.30. The Hall–Kier alpha value is -1.97. The highest BCUT2D eigenvalue weighted by Crippen LogP contribution is 2.18. The van der Waals surface area contributed by atoms with Crippen molar-refractivity contribution in [2.75, 3.05) is 38.7 Å². The molecule has 1 rings (SSSR count). The van der Waals surface area contributed by atoms with E-state index in [4.69, 9.17) is 0 Å². The molecular weight excluding hydrogens is 336 g/mol. The molecule has 0 bridgehead atoms. The van der Waals surface area contributed by atoms with Gasteiger partial charge < -0.3 is 14.8 Å². The van der Waals surface area contributed by atoms with Gasteiger partial charge in [0.25, 0.3) is 5.91 Å². The van der Waals surface area contributed by atoms with Gasteiger partial charge in [-0.3, -0.25) is 4.79 Å². The van der Waals surface area contributed by atoms with Gasteiger partial charge in [-0.25, -0.2) is 13.2 Å². The maximum Gasteiger partial charge on any atom is 0.332 e. The van der Waals surface area contributed by atoms with Crippen LogP contribution in [0.2, 0.25) is 0 Å². The summed E-state index contributed by atoms with van der Waals surface area (Å²) in [6.07, 6.45) is 0. The van der Waals surface area contributed by atoms with Crippen molar-refractivity contribution in [3.63, 3.8) is 0 Å². The number of hydrogen-bond donors (Lipinski definition) is 1. The Balaban J connectivity index is 2.68. The van der Waals surface area contributed by atoms with Crippen molar-refractivity contribution in [3.05, 3.63) is 24.3 Å². The Labute approximate surface area is 141 Å². The zero-order valence-electron chi connectivity index (χ0n) is 13.9. The third-order valence-corrected chi connectivity index (χ3v) is 5.17. The van der Waals surface area contributed by atoms with Gasteiger partial charge in [-0.2, -0.15) is 4.31 Å². The topological polar surface area (TPSA) is 102 Å². The highest BCUT2D eigenvalue weighted by molar-refractivity contribution is 7.89. The van der Waals surface area contributed by atoms with Crippen molar-refractivity contribution in [1.29, 1.82) is 0 Å². The molecule has 0 aromatic heterocycles. The van der Waals surface area contributed by atoms with Crippen molar-refractivity contribution in [2.45, 2.75) is 18.7 Å². The third kappa shape index (κ3) is 5.59. The number of hydrogen-bond acceptors (Lipinski definition) is 6. The van der Waals surface area contributed by atoms with Gasteiger partial charge in [0.2, 0.25) is 10.0 Å². The fourth-order valence-corrected chi connectivity index (χ4v) is 3.38. The molecule has 1 amide bonds. The first-order valence-electron chi connectivity index (χ1n) is 7.39. The molecule has 0 aliphatic heterocycles. The Kier molecular flexibility index (Phi) is 7.83. The van der Waals surface area contributed by atoms with E-state index in [1.165, 1.54) is 35.7 Å². The van der Waals surface area contributed by atoms with Gasteiger partial charge in [-0.1, -0.05) is 13.8 Å². The van der Waals surface area contributed by atoms with Crippen LogP contribution >= 0.6 is 0 Å². The van der Waals surface area contributed by atoms with Gasteiger partial charge in [-0.15, -0.1) is 0 Å². The first-order valence-corrected chi connectivity index (χ1v) is 8.83. The smallest absolute Gasteiger partial charge is 0.332 e. The first-order chi connectivity index (χ1) is 11.3. The number of carbonyl (C=O) groups is 2. The van der Waals surface area contributed by atoms with E-state index in [1.807, 2.05) is 0 Å². The lowest BCUT2D eigenvalue weighted by Gasteiger charge is -2.18. The van der Waals surface area contributed by atoms with Crippen LogP contribution in [-0.2, 0) is 29.1 Å². The first kappa shape index (κ1) is 20.1. The van der Waals surface area contributed by atoms with Crippen LogP contribution in [0.5, 0.6) is 0 Å². The van der Waals surface area contributed by atoms with Gasteiger partial charge in [0, 0.05) is 25.9 Å². The predicted molar refractivity (Wildman–Crippen MR) is 88.0 cm³/mol. The number of benzene rings is 1. The molecule has 0 radical (unpaired) electrons. The minimum Gasteiger partial charge on any atom is -0.454 e. The molecule has 0 unspecified atom stereocenters. The van der Waals surface area contributed by atoms with Crippen molar-refractivity contribution in [2.24, 2.45) is 0 Å². The number of rotatable bonds is 9. The highest BCUT2D eigenvalue weighted by atomic mass is 32.2. The Bertz CT molecular complexity index is 653. The number of ether oxygens (including phenoxy) is 2. The number of amides is 1. The summed E-state index contributed by atoms with van der Waals surface area (Å²) in [4.78, 5) is 22.9. The number of nitrogens with one attached hydrogen (secondary N) is 1. The SMILES string of the molecule is CCN(CC)S(=O)(=O)c1ccc(NC(=O)COC(=O)COC)cc1. The lowest BCUT2D eigenvalue weighted by atomic mass is 10.3. The molecule has 0 aliphatic carbocycles.